The molecule has 37 heavy (non-hydrogen) atoms. The van der Waals surface area contributed by atoms with Gasteiger partial charge in [0.15, 0.2) is 0 Å². The zero-order valence-corrected chi connectivity index (χ0v) is 21.9. The Morgan fingerprint density at radius 1 is 0.865 bits per heavy atom. The van der Waals surface area contributed by atoms with E-state index in [1.807, 2.05) is 52.8 Å². The number of carbonyl (C=O) groups excluding carboxylic acids is 2. The minimum absolute atomic E-state index is 0.0698. The molecule has 2 heterocycles. The molecule has 3 aromatic rings. The van der Waals surface area contributed by atoms with Gasteiger partial charge in [-0.05, 0) is 47.4 Å². The molecule has 0 saturated carbocycles. The van der Waals surface area contributed by atoms with Crippen LogP contribution in [0, 0.1) is 0 Å². The van der Waals surface area contributed by atoms with E-state index in [1.54, 1.807) is 11.8 Å². The van der Waals surface area contributed by atoms with Crippen molar-refractivity contribution < 1.29 is 14.1 Å². The number of hydrogen-bond acceptors (Lipinski definition) is 5. The summed E-state index contributed by atoms with van der Waals surface area (Å²) in [5.41, 5.74) is 5.34. The van der Waals surface area contributed by atoms with E-state index in [4.69, 9.17) is 0 Å². The lowest BCUT2D eigenvalue weighted by atomic mass is 9.99. The summed E-state index contributed by atoms with van der Waals surface area (Å²) in [4.78, 5) is 29.3. The molecule has 1 unspecified atom stereocenters. The maximum atomic E-state index is 12.8. The van der Waals surface area contributed by atoms with Gasteiger partial charge >= 0.3 is 0 Å². The van der Waals surface area contributed by atoms with Gasteiger partial charge in [0.25, 0.3) is 17.3 Å². The van der Waals surface area contributed by atoms with E-state index in [-0.39, 0.29) is 11.8 Å². The molecular formula is C29H33N4O3S+. The Hall–Kier alpha value is -3.17. The van der Waals surface area contributed by atoms with Crippen LogP contribution < -0.4 is 5.32 Å². The number of hydrogen-bond donors (Lipinski definition) is 2. The quantitative estimate of drug-likeness (QED) is 0.483. The highest BCUT2D eigenvalue weighted by molar-refractivity contribution is 7.89. The molecule has 0 aliphatic carbocycles. The second kappa shape index (κ2) is 11.5. The summed E-state index contributed by atoms with van der Waals surface area (Å²) >= 11 is -1.04. The molecular weight excluding hydrogens is 484 g/mol. The van der Waals surface area contributed by atoms with Crippen molar-refractivity contribution in [3.05, 3.63) is 95.1 Å². The van der Waals surface area contributed by atoms with Crippen LogP contribution in [0.5, 0.6) is 0 Å². The zero-order chi connectivity index (χ0) is 25.8. The molecule has 1 fully saturated rings. The third-order valence-electron chi connectivity index (χ3n) is 7.08. The Kier molecular flexibility index (Phi) is 7.90. The molecule has 2 amide bonds. The number of nitrogens with one attached hydrogen (secondary N) is 1. The van der Waals surface area contributed by atoms with E-state index in [0.717, 1.165) is 31.0 Å². The van der Waals surface area contributed by atoms with Gasteiger partial charge in [-0.1, -0.05) is 40.7 Å². The van der Waals surface area contributed by atoms with E-state index >= 15 is 0 Å². The smallest absolute Gasteiger partial charge is 0.278 e. The maximum absolute atomic E-state index is 12.8. The molecule has 8 heteroatoms. The topological polar surface area (TPSA) is 76.1 Å². The van der Waals surface area contributed by atoms with E-state index < -0.39 is 11.4 Å². The first-order valence-corrected chi connectivity index (χ1v) is 13.8. The molecule has 5 rings (SSSR count). The van der Waals surface area contributed by atoms with Crippen molar-refractivity contribution in [3.63, 3.8) is 0 Å². The predicted octanol–water partition coefficient (Wildman–Crippen LogP) is 4.03. The zero-order valence-electron chi connectivity index (χ0n) is 21.1. The number of nitrogens with zero attached hydrogens (tertiary/aromatic N) is 3. The molecule has 3 aromatic carbocycles. The average molecular weight is 518 g/mol. The van der Waals surface area contributed by atoms with E-state index in [2.05, 4.69) is 34.5 Å². The van der Waals surface area contributed by atoms with Crippen LogP contribution in [0.15, 0.2) is 77.7 Å². The lowest BCUT2D eigenvalue weighted by Crippen LogP contribution is -2.49. The SMILES string of the molecule is CC(=O)N1CCN([S+](O)c2ccc(NC(=O)c3ccc(CN4CCc5ccccc5C4)cc3)cc2)CC1. The van der Waals surface area contributed by atoms with Crippen molar-refractivity contribution in [2.45, 2.75) is 31.3 Å². The van der Waals surface area contributed by atoms with Gasteiger partial charge in [-0.15, -0.1) is 0 Å². The second-order valence-electron chi connectivity index (χ2n) is 9.60. The largest absolute Gasteiger partial charge is 0.340 e. The summed E-state index contributed by atoms with van der Waals surface area (Å²) in [5.74, 6) is -0.0880. The van der Waals surface area contributed by atoms with Crippen molar-refractivity contribution in [3.8, 4) is 0 Å². The van der Waals surface area contributed by atoms with Crippen molar-refractivity contribution >= 4 is 28.9 Å². The molecule has 2 aliphatic heterocycles. The first kappa shape index (κ1) is 25.5. The van der Waals surface area contributed by atoms with Gasteiger partial charge in [-0.2, -0.15) is 4.55 Å². The second-order valence-corrected chi connectivity index (χ2v) is 11.1. The molecule has 0 aromatic heterocycles. The lowest BCUT2D eigenvalue weighted by molar-refractivity contribution is -0.129. The predicted molar refractivity (Wildman–Crippen MR) is 147 cm³/mol. The molecule has 7 nitrogen and oxygen atoms in total. The molecule has 2 aliphatic rings. The van der Waals surface area contributed by atoms with Gasteiger partial charge in [0.05, 0.1) is 13.1 Å². The molecule has 1 saturated heterocycles. The van der Waals surface area contributed by atoms with Crippen LogP contribution >= 0.6 is 0 Å². The van der Waals surface area contributed by atoms with Gasteiger partial charge in [0.2, 0.25) is 10.8 Å². The van der Waals surface area contributed by atoms with E-state index in [1.165, 1.54) is 16.7 Å². The lowest BCUT2D eigenvalue weighted by Gasteiger charge is -2.30. The minimum Gasteiger partial charge on any atom is -0.340 e. The van der Waals surface area contributed by atoms with E-state index in [0.29, 0.717) is 37.4 Å². The molecule has 0 bridgehead atoms. The number of amides is 2. The first-order chi connectivity index (χ1) is 18.0. The molecule has 2 N–H and O–H groups in total. The number of rotatable bonds is 6. The van der Waals surface area contributed by atoms with Crippen LogP contribution in [0.1, 0.15) is 34.0 Å². The fourth-order valence-corrected chi connectivity index (χ4v) is 6.08. The van der Waals surface area contributed by atoms with Gasteiger partial charge in [0, 0.05) is 63.0 Å². The Morgan fingerprint density at radius 2 is 1.54 bits per heavy atom. The highest BCUT2D eigenvalue weighted by atomic mass is 32.2. The number of fused-ring (bicyclic) bond motifs is 1. The van der Waals surface area contributed by atoms with Crippen LogP contribution in [-0.4, -0.2) is 63.2 Å². The van der Waals surface area contributed by atoms with Crippen LogP contribution in [0.25, 0.3) is 0 Å². The summed E-state index contributed by atoms with van der Waals surface area (Å²) in [6, 6.07) is 23.8. The fraction of sp³-hybridized carbons (Fsp3) is 0.310. The maximum Gasteiger partial charge on any atom is 0.278 e. The summed E-state index contributed by atoms with van der Waals surface area (Å²) in [6.07, 6.45) is 1.07. The molecule has 0 radical (unpaired) electrons. The standard InChI is InChI=1S/C29H32N4O3S/c1-22(34)32-16-18-33(19-17-32)37(36)28-12-10-27(11-13-28)30-29(35)25-8-6-23(7-9-25)20-31-15-14-24-4-2-3-5-26(24)21-31/h2-13,36H,14-21H2,1H3/p+1. The monoisotopic (exact) mass is 517 g/mol. The first-order valence-electron chi connectivity index (χ1n) is 12.7. The van der Waals surface area contributed by atoms with Crippen LogP contribution in [0.4, 0.5) is 5.69 Å². The summed E-state index contributed by atoms with van der Waals surface area (Å²) in [6.45, 7) is 6.96. The highest BCUT2D eigenvalue weighted by Gasteiger charge is 2.34. The summed E-state index contributed by atoms with van der Waals surface area (Å²) in [7, 11) is 0. The van der Waals surface area contributed by atoms with Crippen molar-refractivity contribution in [1.82, 2.24) is 14.1 Å². The normalized spacial score (nSPS) is 17.2. The van der Waals surface area contributed by atoms with Gasteiger partial charge < -0.3 is 10.2 Å². The number of anilines is 1. The van der Waals surface area contributed by atoms with Gasteiger partial charge in [0.1, 0.15) is 0 Å². The Bertz CT molecular complexity index is 1240. The minimum atomic E-state index is -1.04. The van der Waals surface area contributed by atoms with Gasteiger partial charge in [-0.25, -0.2) is 0 Å². The summed E-state index contributed by atoms with van der Waals surface area (Å²) < 4.78 is 12.8. The van der Waals surface area contributed by atoms with Crippen molar-refractivity contribution in [2.75, 3.05) is 38.0 Å². The fourth-order valence-electron chi connectivity index (χ4n) is 4.90. The van der Waals surface area contributed by atoms with Crippen LogP contribution in [0.3, 0.4) is 0 Å². The van der Waals surface area contributed by atoms with E-state index in [9.17, 15) is 14.1 Å². The Balaban J connectivity index is 1.13. The summed E-state index contributed by atoms with van der Waals surface area (Å²) in [5, 5.41) is 2.95. The van der Waals surface area contributed by atoms with Crippen LogP contribution in [0.2, 0.25) is 0 Å². The third-order valence-corrected chi connectivity index (χ3v) is 8.63. The molecule has 192 valence electrons. The Morgan fingerprint density at radius 3 is 2.22 bits per heavy atom. The van der Waals surface area contributed by atoms with Crippen molar-refractivity contribution in [1.29, 1.82) is 0 Å². The number of benzene rings is 3. The van der Waals surface area contributed by atoms with Crippen molar-refractivity contribution in [2.24, 2.45) is 0 Å². The average Bonchev–Trinajstić information content (AvgIpc) is 2.93. The number of piperazine rings is 1. The third kappa shape index (κ3) is 6.22. The highest BCUT2D eigenvalue weighted by Crippen LogP contribution is 2.22. The Labute approximate surface area is 221 Å². The van der Waals surface area contributed by atoms with Gasteiger partial charge in [-0.3, -0.25) is 14.5 Å². The number of carbonyl (C=O) groups is 2. The molecule has 1 atom stereocenters. The van der Waals surface area contributed by atoms with Crippen LogP contribution in [-0.2, 0) is 35.7 Å². The molecule has 0 spiro atoms.